The molecule has 1 rings (SSSR count). The molecule has 6 nitrogen and oxygen atoms in total. The summed E-state index contributed by atoms with van der Waals surface area (Å²) in [5, 5.41) is 0. The Morgan fingerprint density at radius 1 is 1.32 bits per heavy atom. The van der Waals surface area contributed by atoms with Gasteiger partial charge in [0.1, 0.15) is 6.54 Å². The summed E-state index contributed by atoms with van der Waals surface area (Å²) in [5.41, 5.74) is 0.415. The number of nitrogens with zero attached hydrogens (tertiary/aromatic N) is 2. The molecule has 0 saturated heterocycles. The highest BCUT2D eigenvalue weighted by molar-refractivity contribution is 5.95. The van der Waals surface area contributed by atoms with E-state index in [0.717, 1.165) is 6.42 Å². The maximum atomic E-state index is 12.2. The maximum absolute atomic E-state index is 12.2. The quantitative estimate of drug-likeness (QED) is 0.722. The van der Waals surface area contributed by atoms with Gasteiger partial charge in [-0.25, -0.2) is 4.98 Å². The van der Waals surface area contributed by atoms with Crippen LogP contribution in [0.3, 0.4) is 0 Å². The van der Waals surface area contributed by atoms with Crippen molar-refractivity contribution >= 4 is 11.9 Å². The maximum Gasteiger partial charge on any atom is 0.325 e. The Labute approximate surface area is 112 Å². The van der Waals surface area contributed by atoms with Gasteiger partial charge in [-0.15, -0.1) is 0 Å². The Kier molecular flexibility index (Phi) is 5.78. The molecule has 0 spiro atoms. The number of rotatable bonds is 6. The second-order valence-electron chi connectivity index (χ2n) is 3.89. The summed E-state index contributed by atoms with van der Waals surface area (Å²) < 4.78 is 9.51. The predicted molar refractivity (Wildman–Crippen MR) is 69.0 cm³/mol. The van der Waals surface area contributed by atoms with E-state index < -0.39 is 5.97 Å². The first-order chi connectivity index (χ1) is 9.12. The lowest BCUT2D eigenvalue weighted by atomic mass is 10.2. The van der Waals surface area contributed by atoms with E-state index in [0.29, 0.717) is 18.0 Å². The van der Waals surface area contributed by atoms with Gasteiger partial charge in [-0.3, -0.25) is 9.59 Å². The fraction of sp³-hybridized carbons (Fsp3) is 0.462. The molecule has 0 aromatic carbocycles. The number of amides is 1. The molecule has 0 aliphatic carbocycles. The Hall–Kier alpha value is -2.11. The van der Waals surface area contributed by atoms with Crippen LogP contribution in [-0.2, 0) is 9.53 Å². The zero-order valence-electron chi connectivity index (χ0n) is 11.4. The molecule has 0 atom stereocenters. The zero-order chi connectivity index (χ0) is 14.3. The molecule has 0 saturated carbocycles. The second-order valence-corrected chi connectivity index (χ2v) is 3.89. The van der Waals surface area contributed by atoms with Crippen molar-refractivity contribution in [1.29, 1.82) is 0 Å². The van der Waals surface area contributed by atoms with Crippen LogP contribution in [0, 0.1) is 0 Å². The fourth-order valence-electron chi connectivity index (χ4n) is 1.55. The lowest BCUT2D eigenvalue weighted by Crippen LogP contribution is -2.36. The Bertz CT molecular complexity index is 431. The van der Waals surface area contributed by atoms with Crippen LogP contribution in [0.2, 0.25) is 0 Å². The second kappa shape index (κ2) is 7.35. The predicted octanol–water partition coefficient (Wildman–Crippen LogP) is 1.12. The van der Waals surface area contributed by atoms with Gasteiger partial charge in [0.05, 0.1) is 19.8 Å². The molecule has 0 N–H and O–H groups in total. The molecule has 0 bridgehead atoms. The van der Waals surface area contributed by atoms with Crippen LogP contribution >= 0.6 is 0 Å². The SMILES string of the molecule is CCCN(CC(=O)OC)C(=O)c1ccc(OC)nc1. The molecular formula is C13H18N2O4. The summed E-state index contributed by atoms with van der Waals surface area (Å²) in [5.74, 6) is -0.253. The normalized spacial score (nSPS) is 9.84. The summed E-state index contributed by atoms with van der Waals surface area (Å²) in [4.78, 5) is 28.9. The number of pyridine rings is 1. The molecule has 1 aromatic rings. The molecule has 0 radical (unpaired) electrons. The van der Waals surface area contributed by atoms with E-state index in [1.807, 2.05) is 6.92 Å². The molecule has 19 heavy (non-hydrogen) atoms. The number of aromatic nitrogens is 1. The molecule has 0 aliphatic heterocycles. The van der Waals surface area contributed by atoms with Gasteiger partial charge in [0.15, 0.2) is 0 Å². The van der Waals surface area contributed by atoms with Gasteiger partial charge < -0.3 is 14.4 Å². The van der Waals surface area contributed by atoms with Gasteiger partial charge in [-0.05, 0) is 12.5 Å². The zero-order valence-corrected chi connectivity index (χ0v) is 11.4. The highest BCUT2D eigenvalue weighted by atomic mass is 16.5. The Morgan fingerprint density at radius 2 is 2.05 bits per heavy atom. The Balaban J connectivity index is 2.82. The van der Waals surface area contributed by atoms with Crippen molar-refractivity contribution in [1.82, 2.24) is 9.88 Å². The van der Waals surface area contributed by atoms with Gasteiger partial charge in [0.2, 0.25) is 5.88 Å². The number of esters is 1. The van der Waals surface area contributed by atoms with E-state index in [1.54, 1.807) is 12.1 Å². The minimum Gasteiger partial charge on any atom is -0.481 e. The third-order valence-electron chi connectivity index (χ3n) is 2.52. The standard InChI is InChI=1S/C13H18N2O4/c1-4-7-15(9-12(16)19-3)13(17)10-5-6-11(18-2)14-8-10/h5-6,8H,4,7,9H2,1-3H3. The van der Waals surface area contributed by atoms with E-state index in [9.17, 15) is 9.59 Å². The first-order valence-corrected chi connectivity index (χ1v) is 5.98. The van der Waals surface area contributed by atoms with Crippen LogP contribution < -0.4 is 4.74 Å². The summed E-state index contributed by atoms with van der Waals surface area (Å²) in [6, 6.07) is 3.23. The van der Waals surface area contributed by atoms with Gasteiger partial charge in [-0.2, -0.15) is 0 Å². The highest BCUT2D eigenvalue weighted by Crippen LogP contribution is 2.09. The Morgan fingerprint density at radius 3 is 2.53 bits per heavy atom. The fourth-order valence-corrected chi connectivity index (χ4v) is 1.55. The topological polar surface area (TPSA) is 68.7 Å². The molecule has 0 fully saturated rings. The van der Waals surface area contributed by atoms with E-state index >= 15 is 0 Å². The average Bonchev–Trinajstić information content (AvgIpc) is 2.46. The number of methoxy groups -OCH3 is 2. The first-order valence-electron chi connectivity index (χ1n) is 5.98. The molecule has 1 aromatic heterocycles. The molecule has 0 aliphatic rings. The van der Waals surface area contributed by atoms with Crippen molar-refractivity contribution in [3.8, 4) is 5.88 Å². The van der Waals surface area contributed by atoms with Crippen LogP contribution in [0.1, 0.15) is 23.7 Å². The number of hydrogen-bond acceptors (Lipinski definition) is 5. The van der Waals surface area contributed by atoms with Crippen molar-refractivity contribution in [2.75, 3.05) is 27.3 Å². The van der Waals surface area contributed by atoms with Crippen LogP contribution in [-0.4, -0.2) is 49.1 Å². The van der Waals surface area contributed by atoms with Gasteiger partial charge in [0.25, 0.3) is 5.91 Å². The monoisotopic (exact) mass is 266 g/mol. The van der Waals surface area contributed by atoms with E-state index in [2.05, 4.69) is 9.72 Å². The van der Waals surface area contributed by atoms with Crippen LogP contribution in [0.25, 0.3) is 0 Å². The van der Waals surface area contributed by atoms with E-state index in [4.69, 9.17) is 4.74 Å². The van der Waals surface area contributed by atoms with Crippen LogP contribution in [0.15, 0.2) is 18.3 Å². The van der Waals surface area contributed by atoms with Crippen LogP contribution in [0.4, 0.5) is 0 Å². The number of hydrogen-bond donors (Lipinski definition) is 0. The molecule has 1 heterocycles. The van der Waals surface area contributed by atoms with Crippen molar-refractivity contribution in [2.24, 2.45) is 0 Å². The average molecular weight is 266 g/mol. The minimum atomic E-state index is -0.441. The number of carbonyl (C=O) groups excluding carboxylic acids is 2. The summed E-state index contributed by atoms with van der Waals surface area (Å²) in [7, 11) is 2.80. The molecule has 0 unspecified atom stereocenters. The third-order valence-corrected chi connectivity index (χ3v) is 2.52. The van der Waals surface area contributed by atoms with Crippen molar-refractivity contribution in [3.05, 3.63) is 23.9 Å². The molecular weight excluding hydrogens is 248 g/mol. The van der Waals surface area contributed by atoms with Gasteiger partial charge in [-0.1, -0.05) is 6.92 Å². The van der Waals surface area contributed by atoms with Crippen molar-refractivity contribution in [2.45, 2.75) is 13.3 Å². The summed E-state index contributed by atoms with van der Waals surface area (Å²) in [6.45, 7) is 2.36. The largest absolute Gasteiger partial charge is 0.481 e. The molecule has 1 amide bonds. The molecule has 104 valence electrons. The van der Waals surface area contributed by atoms with Crippen molar-refractivity contribution in [3.63, 3.8) is 0 Å². The van der Waals surface area contributed by atoms with E-state index in [-0.39, 0.29) is 12.5 Å². The third kappa shape index (κ3) is 4.24. The van der Waals surface area contributed by atoms with Crippen molar-refractivity contribution < 1.29 is 19.1 Å². The highest BCUT2D eigenvalue weighted by Gasteiger charge is 2.18. The lowest BCUT2D eigenvalue weighted by Gasteiger charge is -2.20. The number of ether oxygens (including phenoxy) is 2. The van der Waals surface area contributed by atoms with Crippen LogP contribution in [0.5, 0.6) is 5.88 Å². The summed E-state index contributed by atoms with van der Waals surface area (Å²) >= 11 is 0. The smallest absolute Gasteiger partial charge is 0.325 e. The molecule has 6 heteroatoms. The van der Waals surface area contributed by atoms with Gasteiger partial charge in [0, 0.05) is 18.8 Å². The number of carbonyl (C=O) groups is 2. The van der Waals surface area contributed by atoms with Gasteiger partial charge >= 0.3 is 5.97 Å². The lowest BCUT2D eigenvalue weighted by molar-refractivity contribution is -0.141. The van der Waals surface area contributed by atoms with E-state index in [1.165, 1.54) is 25.3 Å². The summed E-state index contributed by atoms with van der Waals surface area (Å²) in [6.07, 6.45) is 2.19. The minimum absolute atomic E-state index is 0.0603. The first kappa shape index (κ1) is 14.9.